The van der Waals surface area contributed by atoms with Gasteiger partial charge in [-0.25, -0.2) is 8.42 Å². The molecule has 1 aromatic carbocycles. The molecule has 108 valence electrons. The van der Waals surface area contributed by atoms with Gasteiger partial charge in [0.2, 0.25) is 11.8 Å². The van der Waals surface area contributed by atoms with E-state index in [2.05, 4.69) is 0 Å². The lowest BCUT2D eigenvalue weighted by Gasteiger charge is -2.25. The van der Waals surface area contributed by atoms with E-state index in [4.69, 9.17) is 15.4 Å². The predicted octanol–water partition coefficient (Wildman–Crippen LogP) is 1.67. The SMILES string of the molecule is COc1ccc(N2C(=O)CCCC2=O)cc1S(=O)(=O)Cl. The molecule has 0 bridgehead atoms. The predicted molar refractivity (Wildman–Crippen MR) is 72.4 cm³/mol. The molecule has 1 aromatic rings. The first kappa shape index (κ1) is 14.8. The molecular formula is C12H12ClNO5S. The number of nitrogens with zero attached hydrogens (tertiary/aromatic N) is 1. The summed E-state index contributed by atoms with van der Waals surface area (Å²) >= 11 is 0. The van der Waals surface area contributed by atoms with E-state index < -0.39 is 9.05 Å². The van der Waals surface area contributed by atoms with Crippen LogP contribution < -0.4 is 9.64 Å². The van der Waals surface area contributed by atoms with E-state index >= 15 is 0 Å². The molecule has 0 radical (unpaired) electrons. The van der Waals surface area contributed by atoms with Crippen molar-refractivity contribution in [3.63, 3.8) is 0 Å². The van der Waals surface area contributed by atoms with Crippen LogP contribution in [-0.2, 0) is 18.6 Å². The second kappa shape index (κ2) is 5.41. The Morgan fingerprint density at radius 3 is 2.30 bits per heavy atom. The summed E-state index contributed by atoms with van der Waals surface area (Å²) in [5.74, 6) is -0.658. The minimum Gasteiger partial charge on any atom is -0.495 e. The Bertz CT molecular complexity index is 654. The number of carbonyl (C=O) groups is 2. The van der Waals surface area contributed by atoms with Crippen LogP contribution >= 0.6 is 10.7 Å². The van der Waals surface area contributed by atoms with Crippen LogP contribution in [0.3, 0.4) is 0 Å². The van der Waals surface area contributed by atoms with E-state index in [-0.39, 0.29) is 41.0 Å². The first-order valence-electron chi connectivity index (χ1n) is 5.83. The Balaban J connectivity index is 2.53. The third-order valence-electron chi connectivity index (χ3n) is 2.95. The van der Waals surface area contributed by atoms with Gasteiger partial charge in [-0.15, -0.1) is 0 Å². The maximum atomic E-state index is 11.8. The van der Waals surface area contributed by atoms with Crippen molar-refractivity contribution in [1.29, 1.82) is 0 Å². The smallest absolute Gasteiger partial charge is 0.265 e. The summed E-state index contributed by atoms with van der Waals surface area (Å²) < 4.78 is 27.9. The van der Waals surface area contributed by atoms with Gasteiger partial charge in [-0.3, -0.25) is 14.5 Å². The van der Waals surface area contributed by atoms with E-state index in [1.807, 2.05) is 0 Å². The molecule has 1 fully saturated rings. The molecule has 20 heavy (non-hydrogen) atoms. The first-order valence-corrected chi connectivity index (χ1v) is 8.14. The van der Waals surface area contributed by atoms with Gasteiger partial charge in [0.15, 0.2) is 0 Å². The van der Waals surface area contributed by atoms with E-state index in [1.54, 1.807) is 0 Å². The summed E-state index contributed by atoms with van der Waals surface area (Å²) in [5.41, 5.74) is 0.180. The maximum absolute atomic E-state index is 11.8. The summed E-state index contributed by atoms with van der Waals surface area (Å²) in [7, 11) is 2.59. The molecule has 0 atom stereocenters. The molecule has 1 aliphatic rings. The van der Waals surface area contributed by atoms with Crippen LogP contribution in [0.4, 0.5) is 5.69 Å². The zero-order valence-electron chi connectivity index (χ0n) is 10.6. The molecule has 0 saturated carbocycles. The van der Waals surface area contributed by atoms with Crippen molar-refractivity contribution in [2.75, 3.05) is 12.0 Å². The summed E-state index contributed by atoms with van der Waals surface area (Å²) in [4.78, 5) is 24.3. The van der Waals surface area contributed by atoms with Crippen molar-refractivity contribution < 1.29 is 22.7 Å². The van der Waals surface area contributed by atoms with E-state index in [9.17, 15) is 18.0 Å². The zero-order chi connectivity index (χ0) is 14.9. The highest BCUT2D eigenvalue weighted by atomic mass is 35.7. The van der Waals surface area contributed by atoms with Crippen molar-refractivity contribution in [1.82, 2.24) is 0 Å². The summed E-state index contributed by atoms with van der Waals surface area (Å²) in [6.07, 6.45) is 1.01. The van der Waals surface area contributed by atoms with E-state index in [0.717, 1.165) is 4.90 Å². The second-order valence-electron chi connectivity index (χ2n) is 4.25. The fourth-order valence-electron chi connectivity index (χ4n) is 2.04. The highest BCUT2D eigenvalue weighted by Gasteiger charge is 2.29. The number of methoxy groups -OCH3 is 1. The van der Waals surface area contributed by atoms with Crippen molar-refractivity contribution in [3.05, 3.63) is 18.2 Å². The Kier molecular flexibility index (Phi) is 4.01. The molecule has 1 aliphatic heterocycles. The topological polar surface area (TPSA) is 80.8 Å². The maximum Gasteiger partial charge on any atom is 0.265 e. The zero-order valence-corrected chi connectivity index (χ0v) is 12.2. The lowest BCUT2D eigenvalue weighted by molar-refractivity contribution is -0.129. The minimum atomic E-state index is -4.04. The Hall–Kier alpha value is -1.60. The summed E-state index contributed by atoms with van der Waals surface area (Å²) in [6.45, 7) is 0. The third kappa shape index (κ3) is 2.78. The minimum absolute atomic E-state index is 0.0562. The number of hydrogen-bond acceptors (Lipinski definition) is 5. The quantitative estimate of drug-likeness (QED) is 0.625. The van der Waals surface area contributed by atoms with Gasteiger partial charge in [0, 0.05) is 23.5 Å². The number of halogens is 1. The number of benzene rings is 1. The number of anilines is 1. The van der Waals surface area contributed by atoms with Gasteiger partial charge >= 0.3 is 0 Å². The largest absolute Gasteiger partial charge is 0.495 e. The van der Waals surface area contributed by atoms with Crippen LogP contribution in [0.2, 0.25) is 0 Å². The number of ether oxygens (including phenoxy) is 1. The fraction of sp³-hybridized carbons (Fsp3) is 0.333. The highest BCUT2D eigenvalue weighted by molar-refractivity contribution is 8.13. The highest BCUT2D eigenvalue weighted by Crippen LogP contribution is 2.32. The van der Waals surface area contributed by atoms with Gasteiger partial charge in [-0.05, 0) is 24.6 Å². The molecule has 1 saturated heterocycles. The molecule has 0 aliphatic carbocycles. The standard InChI is InChI=1S/C12H12ClNO5S/c1-19-9-6-5-8(7-10(9)20(13,17)18)14-11(15)3-2-4-12(14)16/h5-7H,2-4H2,1H3. The van der Waals surface area contributed by atoms with Crippen LogP contribution in [0.5, 0.6) is 5.75 Å². The molecule has 6 nitrogen and oxygen atoms in total. The van der Waals surface area contributed by atoms with Crippen molar-refractivity contribution >= 4 is 37.2 Å². The Morgan fingerprint density at radius 2 is 1.80 bits per heavy atom. The Morgan fingerprint density at radius 1 is 1.20 bits per heavy atom. The molecule has 0 unspecified atom stereocenters. The monoisotopic (exact) mass is 317 g/mol. The number of hydrogen-bond donors (Lipinski definition) is 0. The number of piperidine rings is 1. The number of carbonyl (C=O) groups excluding carboxylic acids is 2. The number of rotatable bonds is 3. The first-order chi connectivity index (χ1) is 9.34. The molecular weight excluding hydrogens is 306 g/mol. The molecule has 0 aromatic heterocycles. The van der Waals surface area contributed by atoms with Crippen molar-refractivity contribution in [2.45, 2.75) is 24.2 Å². The lowest BCUT2D eigenvalue weighted by Crippen LogP contribution is -2.40. The van der Waals surface area contributed by atoms with Gasteiger partial charge in [0.1, 0.15) is 10.6 Å². The van der Waals surface area contributed by atoms with Gasteiger partial charge in [0.25, 0.3) is 9.05 Å². The summed E-state index contributed by atoms with van der Waals surface area (Å²) in [6, 6.07) is 3.98. The normalized spacial score (nSPS) is 16.4. The van der Waals surface area contributed by atoms with E-state index in [1.165, 1.54) is 25.3 Å². The molecule has 8 heteroatoms. The van der Waals surface area contributed by atoms with Crippen LogP contribution in [-0.4, -0.2) is 27.3 Å². The number of amides is 2. The van der Waals surface area contributed by atoms with Gasteiger partial charge in [-0.2, -0.15) is 0 Å². The molecule has 0 N–H and O–H groups in total. The lowest BCUT2D eigenvalue weighted by atomic mass is 10.1. The van der Waals surface area contributed by atoms with Gasteiger partial charge < -0.3 is 4.74 Å². The van der Waals surface area contributed by atoms with Gasteiger partial charge in [0.05, 0.1) is 12.8 Å². The van der Waals surface area contributed by atoms with E-state index in [0.29, 0.717) is 6.42 Å². The molecule has 2 amide bonds. The van der Waals surface area contributed by atoms with Crippen LogP contribution in [0, 0.1) is 0 Å². The fourth-order valence-corrected chi connectivity index (χ4v) is 3.05. The van der Waals surface area contributed by atoms with Crippen molar-refractivity contribution in [2.24, 2.45) is 0 Å². The molecule has 2 rings (SSSR count). The average Bonchev–Trinajstić information content (AvgIpc) is 2.37. The van der Waals surface area contributed by atoms with Crippen molar-refractivity contribution in [3.8, 4) is 5.75 Å². The Labute approximate surface area is 120 Å². The number of imide groups is 1. The second-order valence-corrected chi connectivity index (χ2v) is 6.78. The summed E-state index contributed by atoms with van der Waals surface area (Å²) in [5, 5.41) is 0. The molecule has 0 spiro atoms. The third-order valence-corrected chi connectivity index (χ3v) is 4.29. The molecule has 1 heterocycles. The van der Waals surface area contributed by atoms with Crippen LogP contribution in [0.15, 0.2) is 23.1 Å². The van der Waals surface area contributed by atoms with Crippen LogP contribution in [0.25, 0.3) is 0 Å². The average molecular weight is 318 g/mol. The van der Waals surface area contributed by atoms with Crippen LogP contribution in [0.1, 0.15) is 19.3 Å². The van der Waals surface area contributed by atoms with Gasteiger partial charge in [-0.1, -0.05) is 0 Å².